The van der Waals surface area contributed by atoms with E-state index in [0.29, 0.717) is 16.1 Å². The average molecular weight is 392 g/mol. The molecular formula is C22H18ClN3O2. The number of anilines is 1. The second-order valence-corrected chi connectivity index (χ2v) is 7.06. The number of amides is 2. The van der Waals surface area contributed by atoms with Gasteiger partial charge in [-0.2, -0.15) is 0 Å². The van der Waals surface area contributed by atoms with Gasteiger partial charge in [0.1, 0.15) is 6.17 Å². The van der Waals surface area contributed by atoms with E-state index in [9.17, 15) is 9.59 Å². The molecule has 140 valence electrons. The fourth-order valence-corrected chi connectivity index (χ4v) is 3.25. The van der Waals surface area contributed by atoms with Crippen molar-refractivity contribution in [2.45, 2.75) is 13.1 Å². The van der Waals surface area contributed by atoms with Crippen LogP contribution in [0.4, 0.5) is 5.69 Å². The van der Waals surface area contributed by atoms with Crippen LogP contribution in [0.2, 0.25) is 5.02 Å². The van der Waals surface area contributed by atoms with Gasteiger partial charge in [-0.15, -0.1) is 0 Å². The van der Waals surface area contributed by atoms with Crippen molar-refractivity contribution in [2.75, 3.05) is 5.32 Å². The summed E-state index contributed by atoms with van der Waals surface area (Å²) in [4.78, 5) is 25.9. The van der Waals surface area contributed by atoms with E-state index in [2.05, 4.69) is 10.7 Å². The third-order valence-corrected chi connectivity index (χ3v) is 4.90. The van der Waals surface area contributed by atoms with E-state index >= 15 is 0 Å². The molecule has 0 aromatic heterocycles. The number of hydrazine groups is 1. The number of para-hydroxylation sites is 1. The Bertz CT molecular complexity index is 1030. The SMILES string of the molecule is Cc1ccc(C2Nc3ccccc3C(=O)N2NC(=O)c2ccc(Cl)cc2)cc1. The summed E-state index contributed by atoms with van der Waals surface area (Å²) in [7, 11) is 0. The zero-order valence-electron chi connectivity index (χ0n) is 15.1. The molecule has 28 heavy (non-hydrogen) atoms. The Balaban J connectivity index is 1.70. The van der Waals surface area contributed by atoms with Crippen LogP contribution in [0.15, 0.2) is 72.8 Å². The zero-order chi connectivity index (χ0) is 19.7. The van der Waals surface area contributed by atoms with Gasteiger partial charge in [-0.1, -0.05) is 53.6 Å². The van der Waals surface area contributed by atoms with Crippen molar-refractivity contribution in [3.05, 3.63) is 100 Å². The van der Waals surface area contributed by atoms with Crippen LogP contribution in [0.5, 0.6) is 0 Å². The summed E-state index contributed by atoms with van der Waals surface area (Å²) >= 11 is 5.90. The number of carbonyl (C=O) groups is 2. The van der Waals surface area contributed by atoms with Crippen molar-refractivity contribution in [1.82, 2.24) is 10.4 Å². The van der Waals surface area contributed by atoms with Crippen LogP contribution in [0, 0.1) is 6.92 Å². The first kappa shape index (κ1) is 18.1. The Kier molecular flexibility index (Phi) is 4.75. The van der Waals surface area contributed by atoms with Gasteiger partial charge in [0.05, 0.1) is 5.56 Å². The van der Waals surface area contributed by atoms with Crippen molar-refractivity contribution in [2.24, 2.45) is 0 Å². The molecule has 3 aromatic carbocycles. The first-order chi connectivity index (χ1) is 13.5. The number of carbonyl (C=O) groups excluding carboxylic acids is 2. The lowest BCUT2D eigenvalue weighted by Crippen LogP contribution is -2.52. The van der Waals surface area contributed by atoms with Gasteiger partial charge in [0.2, 0.25) is 0 Å². The Labute approximate surface area is 167 Å². The van der Waals surface area contributed by atoms with E-state index in [-0.39, 0.29) is 11.8 Å². The van der Waals surface area contributed by atoms with E-state index in [4.69, 9.17) is 11.6 Å². The minimum atomic E-state index is -0.528. The van der Waals surface area contributed by atoms with Crippen LogP contribution in [-0.4, -0.2) is 16.8 Å². The summed E-state index contributed by atoms with van der Waals surface area (Å²) in [6.07, 6.45) is -0.528. The van der Waals surface area contributed by atoms with E-state index < -0.39 is 6.17 Å². The number of hydrogen-bond donors (Lipinski definition) is 2. The quantitative estimate of drug-likeness (QED) is 0.688. The Morgan fingerprint density at radius 3 is 2.39 bits per heavy atom. The van der Waals surface area contributed by atoms with Crippen LogP contribution < -0.4 is 10.7 Å². The molecule has 2 N–H and O–H groups in total. The fraction of sp³-hybridized carbons (Fsp3) is 0.0909. The second-order valence-electron chi connectivity index (χ2n) is 6.63. The molecule has 3 aromatic rings. The first-order valence-corrected chi connectivity index (χ1v) is 9.23. The number of fused-ring (bicyclic) bond motifs is 1. The summed E-state index contributed by atoms with van der Waals surface area (Å²) in [6.45, 7) is 2.00. The van der Waals surface area contributed by atoms with Crippen LogP contribution in [0.3, 0.4) is 0 Å². The minimum Gasteiger partial charge on any atom is -0.359 e. The number of nitrogens with one attached hydrogen (secondary N) is 2. The molecule has 5 nitrogen and oxygen atoms in total. The van der Waals surface area contributed by atoms with Crippen molar-refractivity contribution >= 4 is 29.1 Å². The van der Waals surface area contributed by atoms with E-state index in [1.807, 2.05) is 43.3 Å². The molecule has 0 radical (unpaired) electrons. The van der Waals surface area contributed by atoms with E-state index in [1.54, 1.807) is 36.4 Å². The maximum atomic E-state index is 13.1. The smallest absolute Gasteiger partial charge is 0.276 e. The zero-order valence-corrected chi connectivity index (χ0v) is 15.9. The van der Waals surface area contributed by atoms with Gasteiger partial charge < -0.3 is 5.32 Å². The highest BCUT2D eigenvalue weighted by Gasteiger charge is 2.34. The van der Waals surface area contributed by atoms with Crippen molar-refractivity contribution < 1.29 is 9.59 Å². The molecule has 0 aliphatic carbocycles. The van der Waals surface area contributed by atoms with E-state index in [1.165, 1.54) is 5.01 Å². The molecule has 1 heterocycles. The van der Waals surface area contributed by atoms with Crippen LogP contribution in [0.25, 0.3) is 0 Å². The molecule has 1 atom stereocenters. The Morgan fingerprint density at radius 1 is 1.00 bits per heavy atom. The normalized spacial score (nSPS) is 15.6. The second kappa shape index (κ2) is 7.37. The molecule has 4 rings (SSSR count). The molecule has 6 heteroatoms. The van der Waals surface area contributed by atoms with Crippen LogP contribution >= 0.6 is 11.6 Å². The van der Waals surface area contributed by atoms with Gasteiger partial charge in [0.15, 0.2) is 0 Å². The van der Waals surface area contributed by atoms with Gasteiger partial charge >= 0.3 is 0 Å². The molecule has 1 aliphatic rings. The molecule has 1 aliphatic heterocycles. The number of nitrogens with zero attached hydrogens (tertiary/aromatic N) is 1. The lowest BCUT2D eigenvalue weighted by molar-refractivity contribution is 0.0491. The summed E-state index contributed by atoms with van der Waals surface area (Å²) in [6, 6.07) is 21.6. The van der Waals surface area contributed by atoms with Gasteiger partial charge in [-0.25, -0.2) is 5.01 Å². The summed E-state index contributed by atoms with van der Waals surface area (Å²) in [5.41, 5.74) is 6.38. The predicted molar refractivity (Wildman–Crippen MR) is 109 cm³/mol. The Hall–Kier alpha value is -3.31. The van der Waals surface area contributed by atoms with Crippen LogP contribution in [-0.2, 0) is 0 Å². The summed E-state index contributed by atoms with van der Waals surface area (Å²) < 4.78 is 0. The number of halogens is 1. The molecule has 0 saturated heterocycles. The fourth-order valence-electron chi connectivity index (χ4n) is 3.13. The highest BCUT2D eigenvalue weighted by molar-refractivity contribution is 6.30. The molecule has 0 saturated carbocycles. The number of benzene rings is 3. The minimum absolute atomic E-state index is 0.276. The molecule has 1 unspecified atom stereocenters. The predicted octanol–water partition coefficient (Wildman–Crippen LogP) is 4.56. The third kappa shape index (κ3) is 3.44. The largest absolute Gasteiger partial charge is 0.359 e. The van der Waals surface area contributed by atoms with Crippen LogP contribution in [0.1, 0.15) is 38.0 Å². The highest BCUT2D eigenvalue weighted by Crippen LogP contribution is 2.32. The van der Waals surface area contributed by atoms with Gasteiger partial charge in [0.25, 0.3) is 11.8 Å². The average Bonchev–Trinajstić information content (AvgIpc) is 2.71. The lowest BCUT2D eigenvalue weighted by atomic mass is 10.0. The van der Waals surface area contributed by atoms with Gasteiger partial charge in [-0.05, 0) is 48.9 Å². The first-order valence-electron chi connectivity index (χ1n) is 8.85. The van der Waals surface area contributed by atoms with E-state index in [0.717, 1.165) is 16.8 Å². The molecule has 0 fully saturated rings. The topological polar surface area (TPSA) is 61.4 Å². The maximum absolute atomic E-state index is 13.1. The van der Waals surface area contributed by atoms with Crippen molar-refractivity contribution in [3.63, 3.8) is 0 Å². The van der Waals surface area contributed by atoms with Crippen molar-refractivity contribution in [3.8, 4) is 0 Å². The number of hydrogen-bond acceptors (Lipinski definition) is 3. The lowest BCUT2D eigenvalue weighted by Gasteiger charge is -2.37. The van der Waals surface area contributed by atoms with Gasteiger partial charge in [0, 0.05) is 16.3 Å². The Morgan fingerprint density at radius 2 is 1.68 bits per heavy atom. The maximum Gasteiger partial charge on any atom is 0.276 e. The van der Waals surface area contributed by atoms with Crippen molar-refractivity contribution in [1.29, 1.82) is 0 Å². The summed E-state index contributed by atoms with van der Waals surface area (Å²) in [5, 5.41) is 5.23. The standard InChI is InChI=1S/C22H18ClN3O2/c1-14-6-8-15(9-7-14)20-24-19-5-3-2-4-18(19)22(28)26(20)25-21(27)16-10-12-17(23)13-11-16/h2-13,20,24H,1H3,(H,25,27). The van der Waals surface area contributed by atoms with Gasteiger partial charge in [-0.3, -0.25) is 15.0 Å². The highest BCUT2D eigenvalue weighted by atomic mass is 35.5. The third-order valence-electron chi connectivity index (χ3n) is 4.65. The molecular weight excluding hydrogens is 374 g/mol. The molecule has 2 amide bonds. The molecule has 0 bridgehead atoms. The molecule has 0 spiro atoms. The summed E-state index contributed by atoms with van der Waals surface area (Å²) in [5.74, 6) is -0.662. The number of rotatable bonds is 3. The number of aryl methyl sites for hydroxylation is 1. The monoisotopic (exact) mass is 391 g/mol.